The number of rotatable bonds is 4. The zero-order chi connectivity index (χ0) is 13.1. The largest absolute Gasteiger partial charge is 0.373 e. The first-order valence-corrected chi connectivity index (χ1v) is 5.52. The van der Waals surface area contributed by atoms with Crippen LogP contribution in [0.4, 0.5) is 11.5 Å². The normalized spacial score (nSPS) is 10.3. The van der Waals surface area contributed by atoms with Crippen molar-refractivity contribution in [2.24, 2.45) is 0 Å². The summed E-state index contributed by atoms with van der Waals surface area (Å²) in [6.07, 6.45) is 3.38. The molecule has 94 valence electrons. The van der Waals surface area contributed by atoms with E-state index in [1.165, 1.54) is 6.07 Å². The molecule has 2 heterocycles. The van der Waals surface area contributed by atoms with Crippen LogP contribution in [0.1, 0.15) is 6.92 Å². The van der Waals surface area contributed by atoms with Crippen molar-refractivity contribution in [2.45, 2.75) is 13.5 Å². The molecule has 0 amide bonds. The van der Waals surface area contributed by atoms with Crippen LogP contribution in [0.2, 0.25) is 0 Å². The van der Waals surface area contributed by atoms with Gasteiger partial charge in [0.05, 0.1) is 4.92 Å². The summed E-state index contributed by atoms with van der Waals surface area (Å²) >= 11 is 0. The average molecular weight is 247 g/mol. The summed E-state index contributed by atoms with van der Waals surface area (Å²) in [5, 5.41) is 13.9. The third-order valence-corrected chi connectivity index (χ3v) is 2.59. The first-order chi connectivity index (χ1) is 8.67. The molecule has 0 spiro atoms. The Balaban J connectivity index is 2.63. The van der Waals surface area contributed by atoms with Crippen LogP contribution < -0.4 is 5.32 Å². The summed E-state index contributed by atoms with van der Waals surface area (Å²) in [6.45, 7) is 2.62. The average Bonchev–Trinajstić information content (AvgIpc) is 2.85. The van der Waals surface area contributed by atoms with Crippen LogP contribution in [0.5, 0.6) is 0 Å². The van der Waals surface area contributed by atoms with Gasteiger partial charge in [-0.05, 0) is 13.0 Å². The van der Waals surface area contributed by atoms with Gasteiger partial charge in [0, 0.05) is 32.1 Å². The van der Waals surface area contributed by atoms with Gasteiger partial charge in [-0.25, -0.2) is 9.97 Å². The maximum Gasteiger partial charge on any atom is 0.298 e. The summed E-state index contributed by atoms with van der Waals surface area (Å²) in [5.41, 5.74) is 0.230. The lowest BCUT2D eigenvalue weighted by atomic mass is 10.2. The number of hydrogen-bond donors (Lipinski definition) is 1. The lowest BCUT2D eigenvalue weighted by Gasteiger charge is -2.06. The van der Waals surface area contributed by atoms with E-state index in [2.05, 4.69) is 15.3 Å². The molecule has 0 fully saturated rings. The Bertz CT molecular complexity index is 579. The third kappa shape index (κ3) is 2.02. The standard InChI is InChI=1S/C11H13N5O2/c1-3-15-7-6-13-11(15)10-8(16(17)18)4-5-9(12-2)14-10/h4-7H,3H2,1-2H3,(H,12,14). The number of nitro groups is 1. The van der Waals surface area contributed by atoms with Crippen molar-refractivity contribution in [1.82, 2.24) is 14.5 Å². The quantitative estimate of drug-likeness (QED) is 0.658. The molecule has 0 aromatic carbocycles. The van der Waals surface area contributed by atoms with E-state index < -0.39 is 4.92 Å². The SMILES string of the molecule is CCn1ccnc1-c1nc(NC)ccc1[N+](=O)[O-]. The van der Waals surface area contributed by atoms with Gasteiger partial charge in [0.15, 0.2) is 11.5 Å². The molecule has 0 unspecified atom stereocenters. The summed E-state index contributed by atoms with van der Waals surface area (Å²) in [7, 11) is 1.71. The minimum Gasteiger partial charge on any atom is -0.373 e. The van der Waals surface area contributed by atoms with Gasteiger partial charge in [-0.1, -0.05) is 0 Å². The van der Waals surface area contributed by atoms with Crippen LogP contribution in [0, 0.1) is 10.1 Å². The van der Waals surface area contributed by atoms with Gasteiger partial charge in [-0.3, -0.25) is 10.1 Å². The minimum atomic E-state index is -0.448. The molecule has 0 aliphatic heterocycles. The summed E-state index contributed by atoms with van der Waals surface area (Å²) in [4.78, 5) is 18.9. The van der Waals surface area contributed by atoms with E-state index in [1.54, 1.807) is 25.5 Å². The molecule has 2 rings (SSSR count). The van der Waals surface area contributed by atoms with E-state index in [-0.39, 0.29) is 11.4 Å². The fraction of sp³-hybridized carbons (Fsp3) is 0.273. The van der Waals surface area contributed by atoms with Crippen molar-refractivity contribution in [3.05, 3.63) is 34.6 Å². The molecule has 18 heavy (non-hydrogen) atoms. The van der Waals surface area contributed by atoms with Gasteiger partial charge < -0.3 is 9.88 Å². The second kappa shape index (κ2) is 4.82. The molecular weight excluding hydrogens is 234 g/mol. The molecule has 0 aliphatic carbocycles. The van der Waals surface area contributed by atoms with Gasteiger partial charge >= 0.3 is 0 Å². The Morgan fingerprint density at radius 3 is 2.89 bits per heavy atom. The fourth-order valence-electron chi connectivity index (χ4n) is 1.68. The van der Waals surface area contributed by atoms with Crippen molar-refractivity contribution in [3.63, 3.8) is 0 Å². The molecular formula is C11H13N5O2. The van der Waals surface area contributed by atoms with E-state index in [1.807, 2.05) is 11.5 Å². The predicted molar refractivity (Wildman–Crippen MR) is 67.3 cm³/mol. The van der Waals surface area contributed by atoms with Crippen molar-refractivity contribution >= 4 is 11.5 Å². The summed E-state index contributed by atoms with van der Waals surface area (Å²) in [5.74, 6) is 1.07. The number of nitrogens with one attached hydrogen (secondary N) is 1. The van der Waals surface area contributed by atoms with Gasteiger partial charge in [-0.2, -0.15) is 0 Å². The number of pyridine rings is 1. The maximum absolute atomic E-state index is 11.0. The topological polar surface area (TPSA) is 85.9 Å². The summed E-state index contributed by atoms with van der Waals surface area (Å²) < 4.78 is 1.81. The maximum atomic E-state index is 11.0. The number of aromatic nitrogens is 3. The monoisotopic (exact) mass is 247 g/mol. The Kier molecular flexibility index (Phi) is 3.22. The smallest absolute Gasteiger partial charge is 0.298 e. The van der Waals surface area contributed by atoms with E-state index >= 15 is 0 Å². The second-order valence-electron chi connectivity index (χ2n) is 3.61. The molecule has 0 bridgehead atoms. The number of hydrogen-bond acceptors (Lipinski definition) is 5. The molecule has 0 atom stereocenters. The molecule has 0 saturated heterocycles. The lowest BCUT2D eigenvalue weighted by molar-refractivity contribution is -0.384. The minimum absolute atomic E-state index is 0.0464. The molecule has 0 radical (unpaired) electrons. The molecule has 2 aromatic heterocycles. The highest BCUT2D eigenvalue weighted by atomic mass is 16.6. The number of aryl methyl sites for hydroxylation is 1. The van der Waals surface area contributed by atoms with Crippen LogP contribution in [-0.4, -0.2) is 26.5 Å². The highest BCUT2D eigenvalue weighted by molar-refractivity contribution is 5.66. The van der Waals surface area contributed by atoms with E-state index in [4.69, 9.17) is 0 Å². The molecule has 0 saturated carbocycles. The molecule has 2 aromatic rings. The zero-order valence-corrected chi connectivity index (χ0v) is 10.1. The van der Waals surface area contributed by atoms with Gasteiger partial charge in [-0.15, -0.1) is 0 Å². The Labute approximate surface area is 104 Å². The van der Waals surface area contributed by atoms with Crippen LogP contribution in [0.3, 0.4) is 0 Å². The van der Waals surface area contributed by atoms with Crippen LogP contribution in [-0.2, 0) is 6.54 Å². The van der Waals surface area contributed by atoms with E-state index in [0.717, 1.165) is 0 Å². The predicted octanol–water partition coefficient (Wildman–Crippen LogP) is 1.91. The highest BCUT2D eigenvalue weighted by Crippen LogP contribution is 2.28. The Hall–Kier alpha value is -2.44. The highest BCUT2D eigenvalue weighted by Gasteiger charge is 2.21. The number of anilines is 1. The van der Waals surface area contributed by atoms with Gasteiger partial charge in [0.1, 0.15) is 5.82 Å². The third-order valence-electron chi connectivity index (χ3n) is 2.59. The zero-order valence-electron chi connectivity index (χ0n) is 10.1. The Morgan fingerprint density at radius 1 is 1.50 bits per heavy atom. The molecule has 0 aliphatic rings. The van der Waals surface area contributed by atoms with E-state index in [0.29, 0.717) is 18.2 Å². The molecule has 7 nitrogen and oxygen atoms in total. The first kappa shape index (κ1) is 12.0. The molecule has 1 N–H and O–H groups in total. The first-order valence-electron chi connectivity index (χ1n) is 5.52. The lowest BCUT2D eigenvalue weighted by Crippen LogP contribution is -2.03. The van der Waals surface area contributed by atoms with Gasteiger partial charge in [0.25, 0.3) is 5.69 Å². The number of nitrogens with zero attached hydrogens (tertiary/aromatic N) is 4. The second-order valence-corrected chi connectivity index (χ2v) is 3.61. The van der Waals surface area contributed by atoms with Gasteiger partial charge in [0.2, 0.25) is 0 Å². The summed E-state index contributed by atoms with van der Waals surface area (Å²) in [6, 6.07) is 3.00. The number of imidazole rings is 1. The van der Waals surface area contributed by atoms with E-state index in [9.17, 15) is 10.1 Å². The molecule has 7 heteroatoms. The van der Waals surface area contributed by atoms with Crippen LogP contribution >= 0.6 is 0 Å². The van der Waals surface area contributed by atoms with Crippen LogP contribution in [0.15, 0.2) is 24.5 Å². The van der Waals surface area contributed by atoms with Crippen molar-refractivity contribution < 1.29 is 4.92 Å². The Morgan fingerprint density at radius 2 is 2.28 bits per heavy atom. The fourth-order valence-corrected chi connectivity index (χ4v) is 1.68. The van der Waals surface area contributed by atoms with Crippen molar-refractivity contribution in [2.75, 3.05) is 12.4 Å². The van der Waals surface area contributed by atoms with Crippen LogP contribution in [0.25, 0.3) is 11.5 Å². The van der Waals surface area contributed by atoms with Crippen molar-refractivity contribution in [1.29, 1.82) is 0 Å². The van der Waals surface area contributed by atoms with Crippen molar-refractivity contribution in [3.8, 4) is 11.5 Å².